The first-order chi connectivity index (χ1) is 20.5. The number of carbonyl (C=O) groups is 1. The first-order valence-electron chi connectivity index (χ1n) is 14.6. The van der Waals surface area contributed by atoms with Crippen molar-refractivity contribution >= 4 is 11.6 Å². The molecule has 4 aliphatic carbocycles. The SMILES string of the molecule is CCOc1ncc(-c2cccc(N(CC34CCC(c5cnc(C(F)(F)F)nc5)(CC3)OC4)C(=O)C34CC(F)(C3)C4)c2)cn1. The molecule has 43 heavy (non-hydrogen) atoms. The lowest BCUT2D eigenvalue weighted by Crippen LogP contribution is -2.71. The Bertz CT molecular complexity index is 1500. The van der Waals surface area contributed by atoms with E-state index in [-0.39, 0.29) is 36.6 Å². The summed E-state index contributed by atoms with van der Waals surface area (Å²) in [5.41, 5.74) is -0.136. The number of carbonyl (C=O) groups excluding carboxylic acids is 1. The van der Waals surface area contributed by atoms with Crippen molar-refractivity contribution in [3.05, 3.63) is 60.4 Å². The van der Waals surface area contributed by atoms with Gasteiger partial charge in [-0.15, -0.1) is 0 Å². The van der Waals surface area contributed by atoms with Gasteiger partial charge in [0, 0.05) is 53.6 Å². The number of aromatic nitrogens is 4. The Balaban J connectivity index is 1.14. The molecule has 2 aromatic heterocycles. The predicted molar refractivity (Wildman–Crippen MR) is 147 cm³/mol. The van der Waals surface area contributed by atoms with Crippen molar-refractivity contribution in [2.24, 2.45) is 10.8 Å². The van der Waals surface area contributed by atoms with Crippen LogP contribution in [0.5, 0.6) is 6.01 Å². The number of halogens is 4. The van der Waals surface area contributed by atoms with Crippen LogP contribution in [-0.2, 0) is 21.3 Å². The Hall–Kier alpha value is -3.67. The number of hydrogen-bond acceptors (Lipinski definition) is 7. The molecule has 0 spiro atoms. The summed E-state index contributed by atoms with van der Waals surface area (Å²) in [6.45, 7) is 3.05. The second-order valence-electron chi connectivity index (χ2n) is 12.7. The minimum absolute atomic E-state index is 0.0694. The van der Waals surface area contributed by atoms with Crippen molar-refractivity contribution in [1.82, 2.24) is 19.9 Å². The number of hydrogen-bond donors (Lipinski definition) is 0. The Morgan fingerprint density at radius 2 is 1.65 bits per heavy atom. The van der Waals surface area contributed by atoms with E-state index in [0.717, 1.165) is 11.1 Å². The van der Waals surface area contributed by atoms with Gasteiger partial charge in [-0.3, -0.25) is 4.79 Å². The molecule has 6 fully saturated rings. The number of alkyl halides is 4. The Morgan fingerprint density at radius 3 is 2.21 bits per heavy atom. The lowest BCUT2D eigenvalue weighted by atomic mass is 9.41. The highest BCUT2D eigenvalue weighted by atomic mass is 19.4. The van der Waals surface area contributed by atoms with Crippen LogP contribution in [0.3, 0.4) is 0 Å². The summed E-state index contributed by atoms with van der Waals surface area (Å²) >= 11 is 0. The predicted octanol–water partition coefficient (Wildman–Crippen LogP) is 6.06. The number of fused-ring (bicyclic) bond motifs is 3. The average molecular weight is 598 g/mol. The van der Waals surface area contributed by atoms with Crippen molar-refractivity contribution in [3.63, 3.8) is 0 Å². The van der Waals surface area contributed by atoms with Gasteiger partial charge in [0.05, 0.1) is 24.2 Å². The molecule has 4 heterocycles. The van der Waals surface area contributed by atoms with Gasteiger partial charge in [-0.2, -0.15) is 13.2 Å². The van der Waals surface area contributed by atoms with Crippen molar-refractivity contribution in [3.8, 4) is 17.1 Å². The van der Waals surface area contributed by atoms with Crippen LogP contribution >= 0.6 is 0 Å². The molecule has 0 N–H and O–H groups in total. The zero-order chi connectivity index (χ0) is 30.1. The number of benzene rings is 1. The van der Waals surface area contributed by atoms with Crippen LogP contribution in [0.15, 0.2) is 49.1 Å². The van der Waals surface area contributed by atoms with Gasteiger partial charge < -0.3 is 14.4 Å². The first-order valence-corrected chi connectivity index (χ1v) is 14.6. The normalized spacial score (nSPS) is 30.7. The van der Waals surface area contributed by atoms with Gasteiger partial charge >= 0.3 is 12.2 Å². The summed E-state index contributed by atoms with van der Waals surface area (Å²) in [6, 6.07) is 7.91. The maximum absolute atomic E-state index is 14.5. The fourth-order valence-electron chi connectivity index (χ4n) is 7.36. The average Bonchev–Trinajstić information content (AvgIpc) is 2.99. The number of amides is 1. The summed E-state index contributed by atoms with van der Waals surface area (Å²) in [4.78, 5) is 31.5. The van der Waals surface area contributed by atoms with Crippen molar-refractivity contribution < 1.29 is 31.8 Å². The van der Waals surface area contributed by atoms with E-state index in [0.29, 0.717) is 56.7 Å². The van der Waals surface area contributed by atoms with E-state index in [9.17, 15) is 22.4 Å². The zero-order valence-electron chi connectivity index (χ0n) is 23.7. The summed E-state index contributed by atoms with van der Waals surface area (Å²) < 4.78 is 65.3. The highest BCUT2D eigenvalue weighted by Crippen LogP contribution is 2.70. The summed E-state index contributed by atoms with van der Waals surface area (Å²) in [5, 5.41) is 0. The molecule has 0 radical (unpaired) electrons. The molecule has 0 unspecified atom stereocenters. The third-order valence-electron chi connectivity index (χ3n) is 9.76. The Kier molecular flexibility index (Phi) is 6.32. The van der Waals surface area contributed by atoms with Gasteiger partial charge in [0.2, 0.25) is 11.7 Å². The number of nitrogens with zero attached hydrogens (tertiary/aromatic N) is 5. The minimum atomic E-state index is -4.61. The van der Waals surface area contributed by atoms with Crippen LogP contribution in [0.2, 0.25) is 0 Å². The zero-order valence-corrected chi connectivity index (χ0v) is 23.7. The molecule has 9 rings (SSSR count). The van der Waals surface area contributed by atoms with E-state index in [4.69, 9.17) is 9.47 Å². The highest BCUT2D eigenvalue weighted by Gasteiger charge is 2.73. The quantitative estimate of drug-likeness (QED) is 0.292. The van der Waals surface area contributed by atoms with Gasteiger partial charge in [-0.25, -0.2) is 24.3 Å². The molecule has 1 aromatic carbocycles. The monoisotopic (exact) mass is 597 g/mol. The molecular weight excluding hydrogens is 566 g/mol. The molecule has 226 valence electrons. The van der Waals surface area contributed by atoms with Crippen molar-refractivity contribution in [1.29, 1.82) is 0 Å². The van der Waals surface area contributed by atoms with Gasteiger partial charge in [0.25, 0.3) is 0 Å². The van der Waals surface area contributed by atoms with E-state index in [1.165, 1.54) is 12.4 Å². The molecule has 0 atom stereocenters. The van der Waals surface area contributed by atoms with Gasteiger partial charge in [0.1, 0.15) is 5.67 Å². The fourth-order valence-corrected chi connectivity index (χ4v) is 7.36. The number of rotatable bonds is 8. The van der Waals surface area contributed by atoms with Gasteiger partial charge in [-0.1, -0.05) is 12.1 Å². The second kappa shape index (κ2) is 9.67. The third-order valence-corrected chi connectivity index (χ3v) is 9.76. The lowest BCUT2D eigenvalue weighted by Gasteiger charge is -2.65. The van der Waals surface area contributed by atoms with Gasteiger partial charge in [0.15, 0.2) is 0 Å². The largest absolute Gasteiger partial charge is 0.464 e. The van der Waals surface area contributed by atoms with E-state index in [1.54, 1.807) is 17.3 Å². The van der Waals surface area contributed by atoms with E-state index in [2.05, 4.69) is 19.9 Å². The first kappa shape index (κ1) is 28.1. The molecule has 2 aliphatic heterocycles. The van der Waals surface area contributed by atoms with Crippen molar-refractivity contribution in [2.75, 3.05) is 24.7 Å². The lowest BCUT2D eigenvalue weighted by molar-refractivity contribution is -0.213. The summed E-state index contributed by atoms with van der Waals surface area (Å²) in [7, 11) is 0. The Labute approximate surface area is 245 Å². The standard InChI is InChI=1S/C31H31F4N5O3/c1-2-42-26-38-11-21(12-39-26)20-4-3-5-23(10-20)40(25(41)28-15-29(32,16-28)17-28)18-27-6-8-30(9-7-27,43-19-27)22-13-36-24(37-14-22)31(33,34)35/h3-5,10-14H,2,6-9,15-19H2,1H3. The molecule has 1 amide bonds. The third kappa shape index (κ3) is 4.74. The molecule has 2 saturated heterocycles. The fraction of sp³-hybridized carbons (Fsp3) is 0.516. The van der Waals surface area contributed by atoms with Crippen LogP contribution in [-0.4, -0.2) is 51.3 Å². The van der Waals surface area contributed by atoms with E-state index >= 15 is 0 Å². The molecule has 4 bridgehead atoms. The maximum Gasteiger partial charge on any atom is 0.451 e. The van der Waals surface area contributed by atoms with Crippen LogP contribution in [0.4, 0.5) is 23.2 Å². The smallest absolute Gasteiger partial charge is 0.451 e. The molecule has 8 nitrogen and oxygen atoms in total. The summed E-state index contributed by atoms with van der Waals surface area (Å²) in [6.07, 6.45) is 4.51. The Morgan fingerprint density at radius 1 is 0.977 bits per heavy atom. The molecular formula is C31H31F4N5O3. The van der Waals surface area contributed by atoms with Crippen LogP contribution < -0.4 is 9.64 Å². The number of ether oxygens (including phenoxy) is 2. The topological polar surface area (TPSA) is 90.3 Å². The van der Waals surface area contributed by atoms with Crippen LogP contribution in [0.25, 0.3) is 11.1 Å². The molecule has 6 aliphatic rings. The number of anilines is 1. The van der Waals surface area contributed by atoms with Crippen molar-refractivity contribution in [2.45, 2.75) is 69.3 Å². The minimum Gasteiger partial charge on any atom is -0.464 e. The van der Waals surface area contributed by atoms with Crippen LogP contribution in [0, 0.1) is 10.8 Å². The maximum atomic E-state index is 14.5. The van der Waals surface area contributed by atoms with Crippen LogP contribution in [0.1, 0.15) is 63.3 Å². The molecule has 4 saturated carbocycles. The second-order valence-corrected chi connectivity index (χ2v) is 12.7. The molecule has 3 aromatic rings. The summed E-state index contributed by atoms with van der Waals surface area (Å²) in [5.74, 6) is -1.24. The van der Waals surface area contributed by atoms with E-state index < -0.39 is 28.7 Å². The highest BCUT2D eigenvalue weighted by molar-refractivity contribution is 6.00. The van der Waals surface area contributed by atoms with Gasteiger partial charge in [-0.05, 0) is 69.6 Å². The molecule has 12 heteroatoms. The van der Waals surface area contributed by atoms with E-state index in [1.807, 2.05) is 31.2 Å².